The number of carboxylic acids is 4. The molecule has 0 fully saturated rings. The standard InChI is InChI=1S/C18H17N2.C16H11N2.2C2H2O4.2Ir.2K.2H/c1-13-11-14(2)17(15(3)12-13)20-10-9-19-18(20)16-7-5-4-6-8-16;1-11-6-7-15-14(10-11)12-4-2-3-5-13(12)16-17-8-9-18(15)16;2*3-1(4)2(5)6;;;;;;/h4-7,9-12H,1-3H3;2-4,6-10H,1H3;2*(H,3,4)(H,5,6);;;;;;/q2*-1;;;;;2*+1;2*-1. The number of hydrogen-bond acceptors (Lipinski definition) is 6. The number of fused-ring (bicyclic) bond motifs is 6. The van der Waals surface area contributed by atoms with Gasteiger partial charge in [0.15, 0.2) is 0 Å². The van der Waals surface area contributed by atoms with Crippen LogP contribution in [0.25, 0.3) is 44.4 Å². The SMILES string of the molecule is Cc1cc(C)c(-n2ccnc2-c2[c-]cccc2)c(C)c1.Cc1ccc2c(c1)c1ccc[c-]c1c1nccn21.O=C(O)C(=O)O.O=C(O)C(=O)O.[H-].[H-].[Ir].[Ir].[K+].[K+]. The van der Waals surface area contributed by atoms with E-state index in [4.69, 9.17) is 39.6 Å². The smallest absolute Gasteiger partial charge is 1.00 e. The van der Waals surface area contributed by atoms with Gasteiger partial charge < -0.3 is 32.2 Å². The number of hydrogen-bond donors (Lipinski definition) is 4. The minimum Gasteiger partial charge on any atom is -1.00 e. The number of imidazole rings is 2. The van der Waals surface area contributed by atoms with Crippen molar-refractivity contribution in [1.29, 1.82) is 0 Å². The van der Waals surface area contributed by atoms with Gasteiger partial charge in [-0.15, -0.1) is 65.5 Å². The minimum absolute atomic E-state index is 0. The first kappa shape index (κ1) is 51.8. The fraction of sp³-hybridized carbons (Fsp3) is 0.105. The summed E-state index contributed by atoms with van der Waals surface area (Å²) in [5, 5.41) is 33.1. The molecule has 276 valence electrons. The van der Waals surface area contributed by atoms with Gasteiger partial charge in [0.2, 0.25) is 0 Å². The molecule has 0 atom stereocenters. The maximum absolute atomic E-state index is 9.10. The zero-order valence-corrected chi connectivity index (χ0v) is 41.2. The van der Waals surface area contributed by atoms with Crippen LogP contribution < -0.4 is 103 Å². The maximum atomic E-state index is 9.10. The third kappa shape index (κ3) is 13.5. The predicted molar refractivity (Wildman–Crippen MR) is 189 cm³/mol. The number of carbonyl (C=O) groups is 4. The molecule has 0 aliphatic carbocycles. The summed E-state index contributed by atoms with van der Waals surface area (Å²) < 4.78 is 4.28. The average molecular weight is 1140 g/mol. The van der Waals surface area contributed by atoms with E-state index >= 15 is 0 Å². The Morgan fingerprint density at radius 3 is 1.78 bits per heavy atom. The molecule has 12 nitrogen and oxygen atoms in total. The van der Waals surface area contributed by atoms with Crippen molar-refractivity contribution in [1.82, 2.24) is 18.9 Å². The molecule has 0 amide bonds. The second kappa shape index (κ2) is 24.4. The van der Waals surface area contributed by atoms with Crippen LogP contribution in [-0.2, 0) is 59.4 Å². The molecule has 4 aromatic carbocycles. The van der Waals surface area contributed by atoms with Gasteiger partial charge in [-0.3, -0.25) is 9.97 Å². The fourth-order valence-corrected chi connectivity index (χ4v) is 5.37. The second-order valence-electron chi connectivity index (χ2n) is 11.0. The number of aryl methyl sites for hydroxylation is 4. The van der Waals surface area contributed by atoms with E-state index in [1.165, 1.54) is 44.2 Å². The van der Waals surface area contributed by atoms with Crippen LogP contribution in [-0.4, -0.2) is 63.2 Å². The van der Waals surface area contributed by atoms with Crippen LogP contribution in [0.4, 0.5) is 0 Å². The van der Waals surface area contributed by atoms with Crippen molar-refractivity contribution in [2.24, 2.45) is 0 Å². The van der Waals surface area contributed by atoms with E-state index in [0.29, 0.717) is 0 Å². The Kier molecular flexibility index (Phi) is 23.4. The van der Waals surface area contributed by atoms with Crippen molar-refractivity contribution in [3.05, 3.63) is 132 Å². The molecule has 7 aromatic rings. The Balaban J connectivity index is -0.000000723. The van der Waals surface area contributed by atoms with Crippen LogP contribution in [0.3, 0.4) is 0 Å². The summed E-state index contributed by atoms with van der Waals surface area (Å²) in [4.78, 5) is 45.3. The van der Waals surface area contributed by atoms with Crippen LogP contribution in [0.5, 0.6) is 0 Å². The van der Waals surface area contributed by atoms with Crippen molar-refractivity contribution < 1.29 is 185 Å². The molecule has 0 saturated carbocycles. The molecule has 16 heteroatoms. The average Bonchev–Trinajstić information content (AvgIpc) is 3.77. The number of rotatable bonds is 2. The normalized spacial score (nSPS) is 9.48. The molecule has 0 spiro atoms. The van der Waals surface area contributed by atoms with Gasteiger partial charge in [0.1, 0.15) is 0 Å². The van der Waals surface area contributed by atoms with E-state index in [0.717, 1.165) is 22.4 Å². The summed E-state index contributed by atoms with van der Waals surface area (Å²) in [5.74, 6) is -6.37. The van der Waals surface area contributed by atoms with E-state index < -0.39 is 23.9 Å². The van der Waals surface area contributed by atoms with Crippen LogP contribution in [0.1, 0.15) is 25.1 Å². The van der Waals surface area contributed by atoms with Crippen LogP contribution in [0.15, 0.2) is 97.6 Å². The van der Waals surface area contributed by atoms with E-state index in [9.17, 15) is 0 Å². The Bertz CT molecular complexity index is 2310. The molecular weight excluding hydrogens is 1100 g/mol. The van der Waals surface area contributed by atoms with Crippen molar-refractivity contribution in [2.45, 2.75) is 27.7 Å². The van der Waals surface area contributed by atoms with Crippen molar-refractivity contribution >= 4 is 51.2 Å². The third-order valence-electron chi connectivity index (χ3n) is 7.26. The predicted octanol–water partition coefficient (Wildman–Crippen LogP) is 0.553. The number of benzene rings is 4. The van der Waals surface area contributed by atoms with Crippen molar-refractivity contribution in [2.75, 3.05) is 0 Å². The Morgan fingerprint density at radius 2 is 1.22 bits per heavy atom. The van der Waals surface area contributed by atoms with Crippen LogP contribution >= 0.6 is 0 Å². The largest absolute Gasteiger partial charge is 1.00 e. The molecule has 7 rings (SSSR count). The first-order chi connectivity index (χ1) is 23.8. The Hall–Kier alpha value is -2.25. The first-order valence-electron chi connectivity index (χ1n) is 15.0. The summed E-state index contributed by atoms with van der Waals surface area (Å²) >= 11 is 0. The number of carboxylic acid groups (broad SMARTS) is 4. The molecule has 2 radical (unpaired) electrons. The van der Waals surface area contributed by atoms with Gasteiger partial charge in [-0.25, -0.2) is 19.2 Å². The third-order valence-corrected chi connectivity index (χ3v) is 7.26. The molecule has 0 aliphatic heterocycles. The molecule has 0 aliphatic rings. The van der Waals surface area contributed by atoms with Gasteiger partial charge in [0.25, 0.3) is 0 Å². The number of aliphatic carboxylic acids is 4. The number of pyridine rings is 1. The van der Waals surface area contributed by atoms with Gasteiger partial charge in [0.05, 0.1) is 11.5 Å². The van der Waals surface area contributed by atoms with E-state index in [1.54, 1.807) is 0 Å². The van der Waals surface area contributed by atoms with Gasteiger partial charge in [-0.1, -0.05) is 40.8 Å². The molecule has 54 heavy (non-hydrogen) atoms. The Morgan fingerprint density at radius 1 is 0.648 bits per heavy atom. The topological polar surface area (TPSA) is 184 Å². The summed E-state index contributed by atoms with van der Waals surface area (Å²) in [6, 6.07) is 31.6. The summed E-state index contributed by atoms with van der Waals surface area (Å²) in [6.45, 7) is 8.54. The minimum atomic E-state index is -1.82. The monoisotopic (exact) mass is 1140 g/mol. The molecule has 0 unspecified atom stereocenters. The van der Waals surface area contributed by atoms with E-state index in [1.807, 2.05) is 61.2 Å². The zero-order valence-electron chi connectivity index (χ0n) is 32.1. The summed E-state index contributed by atoms with van der Waals surface area (Å²) in [5.41, 5.74) is 9.47. The summed E-state index contributed by atoms with van der Waals surface area (Å²) in [6.07, 6.45) is 7.71. The first-order valence-corrected chi connectivity index (χ1v) is 15.0. The Labute approximate surface area is 425 Å². The van der Waals surface area contributed by atoms with Crippen molar-refractivity contribution in [3.63, 3.8) is 0 Å². The molecule has 3 heterocycles. The summed E-state index contributed by atoms with van der Waals surface area (Å²) in [7, 11) is 0. The van der Waals surface area contributed by atoms with Gasteiger partial charge in [0, 0.05) is 76.2 Å². The van der Waals surface area contributed by atoms with Crippen molar-refractivity contribution in [3.8, 4) is 17.1 Å². The van der Waals surface area contributed by atoms with Gasteiger partial charge in [-0.05, 0) is 50.3 Å². The maximum Gasteiger partial charge on any atom is 1.00 e. The quantitative estimate of drug-likeness (QED) is 0.0827. The van der Waals surface area contributed by atoms with Gasteiger partial charge >= 0.3 is 127 Å². The van der Waals surface area contributed by atoms with Crippen LogP contribution in [0.2, 0.25) is 0 Å². The van der Waals surface area contributed by atoms with Gasteiger partial charge in [-0.2, -0.15) is 0 Å². The molecule has 3 aromatic heterocycles. The van der Waals surface area contributed by atoms with E-state index in [2.05, 4.69) is 95.2 Å². The molecular formula is C38H34Ir2K2N4O8-2. The number of nitrogens with zero attached hydrogens (tertiary/aromatic N) is 4. The van der Waals surface area contributed by atoms with Crippen LogP contribution in [0, 0.1) is 39.8 Å². The molecule has 0 bridgehead atoms. The fourth-order valence-electron chi connectivity index (χ4n) is 5.37. The second-order valence-corrected chi connectivity index (χ2v) is 11.0. The number of aromatic nitrogens is 4. The molecule has 4 N–H and O–H groups in total. The zero-order chi connectivity index (χ0) is 36.5. The van der Waals surface area contributed by atoms with E-state index in [-0.39, 0.29) is 146 Å². The molecule has 0 saturated heterocycles.